The minimum Gasteiger partial charge on any atom is -0.508 e. The minimum absolute atomic E-state index is 0.0617. The lowest BCUT2D eigenvalue weighted by Gasteiger charge is -2.16. The van der Waals surface area contributed by atoms with Crippen LogP contribution in [0.1, 0.15) is 11.7 Å². The van der Waals surface area contributed by atoms with Crippen LogP contribution in [0.5, 0.6) is 5.75 Å². The number of phenols is 1. The van der Waals surface area contributed by atoms with Crippen LogP contribution in [0.2, 0.25) is 5.02 Å². The largest absolute Gasteiger partial charge is 0.508 e. The SMILES string of the molecule is Oc1cc(Cl)cc(C(O)C(O)CCl)c1. The van der Waals surface area contributed by atoms with E-state index in [1.165, 1.54) is 18.2 Å². The van der Waals surface area contributed by atoms with Gasteiger partial charge in [-0.05, 0) is 23.8 Å². The summed E-state index contributed by atoms with van der Waals surface area (Å²) >= 11 is 11.0. The Hall–Kier alpha value is -0.480. The zero-order valence-corrected chi connectivity index (χ0v) is 8.70. The Morgan fingerprint density at radius 3 is 2.36 bits per heavy atom. The Bertz CT molecular complexity index is 297. The van der Waals surface area contributed by atoms with E-state index >= 15 is 0 Å². The number of aromatic hydroxyl groups is 1. The molecule has 78 valence electrons. The molecule has 5 heteroatoms. The second kappa shape index (κ2) is 4.84. The molecule has 1 rings (SSSR count). The summed E-state index contributed by atoms with van der Waals surface area (Å²) in [5.74, 6) is -0.151. The maximum atomic E-state index is 9.53. The van der Waals surface area contributed by atoms with Crippen molar-refractivity contribution in [1.29, 1.82) is 0 Å². The summed E-state index contributed by atoms with van der Waals surface area (Å²) in [6, 6.07) is 4.12. The van der Waals surface area contributed by atoms with Gasteiger partial charge in [0.1, 0.15) is 11.9 Å². The second-order valence-corrected chi connectivity index (χ2v) is 3.65. The molecule has 0 aliphatic heterocycles. The number of phenolic OH excluding ortho intramolecular Hbond substituents is 1. The third kappa shape index (κ3) is 2.75. The molecule has 0 saturated heterocycles. The molecule has 2 unspecified atom stereocenters. The Morgan fingerprint density at radius 1 is 1.21 bits per heavy atom. The van der Waals surface area contributed by atoms with E-state index in [0.717, 1.165) is 0 Å². The monoisotopic (exact) mass is 236 g/mol. The van der Waals surface area contributed by atoms with Gasteiger partial charge < -0.3 is 15.3 Å². The summed E-state index contributed by atoms with van der Waals surface area (Å²) in [5, 5.41) is 28.3. The topological polar surface area (TPSA) is 60.7 Å². The Balaban J connectivity index is 2.94. The molecule has 0 saturated carbocycles. The number of benzene rings is 1. The highest BCUT2D eigenvalue weighted by molar-refractivity contribution is 6.30. The van der Waals surface area contributed by atoms with Crippen LogP contribution in [0.4, 0.5) is 0 Å². The average molecular weight is 237 g/mol. The molecule has 0 amide bonds. The summed E-state index contributed by atoms with van der Waals surface area (Å²) < 4.78 is 0. The molecule has 0 bridgehead atoms. The van der Waals surface area contributed by atoms with E-state index in [1.54, 1.807) is 0 Å². The quantitative estimate of drug-likeness (QED) is 0.701. The molecule has 1 aromatic carbocycles. The van der Waals surface area contributed by atoms with Gasteiger partial charge in [-0.15, -0.1) is 11.6 Å². The number of hydrogen-bond donors (Lipinski definition) is 3. The van der Waals surface area contributed by atoms with Crippen LogP contribution in [0.15, 0.2) is 18.2 Å². The summed E-state index contributed by atoms with van der Waals surface area (Å²) in [7, 11) is 0. The van der Waals surface area contributed by atoms with Crippen molar-refractivity contribution in [3.63, 3.8) is 0 Å². The van der Waals surface area contributed by atoms with Crippen molar-refractivity contribution in [2.75, 3.05) is 5.88 Å². The van der Waals surface area contributed by atoms with E-state index in [-0.39, 0.29) is 11.6 Å². The van der Waals surface area contributed by atoms with Crippen molar-refractivity contribution in [3.8, 4) is 5.75 Å². The summed E-state index contributed by atoms with van der Waals surface area (Å²) in [5.41, 5.74) is 0.336. The predicted octanol–water partition coefficient (Wildman–Crippen LogP) is 1.68. The van der Waals surface area contributed by atoms with E-state index in [4.69, 9.17) is 23.2 Å². The highest BCUT2D eigenvalue weighted by atomic mass is 35.5. The molecular weight excluding hydrogens is 227 g/mol. The normalized spacial score (nSPS) is 15.1. The van der Waals surface area contributed by atoms with Crippen molar-refractivity contribution >= 4 is 23.2 Å². The fourth-order valence-electron chi connectivity index (χ4n) is 1.07. The van der Waals surface area contributed by atoms with Crippen LogP contribution in [0.25, 0.3) is 0 Å². The molecule has 0 spiro atoms. The highest BCUT2D eigenvalue weighted by Gasteiger charge is 2.18. The third-order valence-electron chi connectivity index (χ3n) is 1.77. The van der Waals surface area contributed by atoms with Gasteiger partial charge in [-0.1, -0.05) is 11.6 Å². The van der Waals surface area contributed by atoms with E-state index in [9.17, 15) is 15.3 Å². The zero-order valence-electron chi connectivity index (χ0n) is 7.19. The average Bonchev–Trinajstić information content (AvgIpc) is 2.14. The number of aliphatic hydroxyl groups excluding tert-OH is 2. The first-order valence-corrected chi connectivity index (χ1v) is 4.87. The second-order valence-electron chi connectivity index (χ2n) is 2.91. The van der Waals surface area contributed by atoms with Gasteiger partial charge in [0, 0.05) is 5.02 Å². The highest BCUT2D eigenvalue weighted by Crippen LogP contribution is 2.26. The molecule has 14 heavy (non-hydrogen) atoms. The lowest BCUT2D eigenvalue weighted by atomic mass is 10.1. The van der Waals surface area contributed by atoms with Gasteiger partial charge in [-0.2, -0.15) is 0 Å². The first-order chi connectivity index (χ1) is 6.54. The molecule has 3 nitrogen and oxygen atoms in total. The van der Waals surface area contributed by atoms with Crippen molar-refractivity contribution in [1.82, 2.24) is 0 Å². The lowest BCUT2D eigenvalue weighted by Crippen LogP contribution is -2.19. The fraction of sp³-hybridized carbons (Fsp3) is 0.333. The maximum Gasteiger partial charge on any atom is 0.117 e. The van der Waals surface area contributed by atoms with Gasteiger partial charge >= 0.3 is 0 Å². The first kappa shape index (κ1) is 11.6. The molecular formula is C9H10Cl2O3. The molecule has 3 N–H and O–H groups in total. The van der Waals surface area contributed by atoms with Gasteiger partial charge in [-0.3, -0.25) is 0 Å². The van der Waals surface area contributed by atoms with Crippen LogP contribution in [-0.2, 0) is 0 Å². The number of hydrogen-bond acceptors (Lipinski definition) is 3. The van der Waals surface area contributed by atoms with Crippen molar-refractivity contribution in [3.05, 3.63) is 28.8 Å². The van der Waals surface area contributed by atoms with E-state index in [2.05, 4.69) is 0 Å². The Labute approximate surface area is 91.5 Å². The zero-order chi connectivity index (χ0) is 10.7. The van der Waals surface area contributed by atoms with Crippen molar-refractivity contribution in [2.24, 2.45) is 0 Å². The third-order valence-corrected chi connectivity index (χ3v) is 2.30. The fourth-order valence-corrected chi connectivity index (χ4v) is 1.48. The molecule has 0 radical (unpaired) electrons. The minimum atomic E-state index is -1.14. The number of aliphatic hydroxyl groups is 2. The summed E-state index contributed by atoms with van der Waals surface area (Å²) in [4.78, 5) is 0. The van der Waals surface area contributed by atoms with Gasteiger partial charge in [0.25, 0.3) is 0 Å². The van der Waals surface area contributed by atoms with Crippen LogP contribution >= 0.6 is 23.2 Å². The number of alkyl halides is 1. The van der Waals surface area contributed by atoms with E-state index < -0.39 is 12.2 Å². The van der Waals surface area contributed by atoms with Gasteiger partial charge in [0.15, 0.2) is 0 Å². The van der Waals surface area contributed by atoms with Crippen LogP contribution in [-0.4, -0.2) is 27.3 Å². The maximum absolute atomic E-state index is 9.53. The van der Waals surface area contributed by atoms with Crippen LogP contribution in [0.3, 0.4) is 0 Å². The van der Waals surface area contributed by atoms with Crippen LogP contribution < -0.4 is 0 Å². The van der Waals surface area contributed by atoms with E-state index in [0.29, 0.717) is 10.6 Å². The molecule has 0 aliphatic rings. The number of rotatable bonds is 3. The molecule has 0 aliphatic carbocycles. The number of halogens is 2. The van der Waals surface area contributed by atoms with E-state index in [1.807, 2.05) is 0 Å². The van der Waals surface area contributed by atoms with Gasteiger partial charge in [-0.25, -0.2) is 0 Å². The lowest BCUT2D eigenvalue weighted by molar-refractivity contribution is 0.0326. The molecule has 0 heterocycles. The van der Waals surface area contributed by atoms with Crippen molar-refractivity contribution < 1.29 is 15.3 Å². The predicted molar refractivity (Wildman–Crippen MR) is 54.8 cm³/mol. The first-order valence-electron chi connectivity index (χ1n) is 3.96. The summed E-state index contributed by atoms with van der Waals surface area (Å²) in [6.07, 6.45) is -2.22. The standard InChI is InChI=1S/C9H10Cl2O3/c10-4-8(13)9(14)5-1-6(11)3-7(12)2-5/h1-3,8-9,12-14H,4H2. The van der Waals surface area contributed by atoms with Gasteiger partial charge in [0.05, 0.1) is 12.0 Å². The molecule has 0 aromatic heterocycles. The Kier molecular flexibility index (Phi) is 4.01. The van der Waals surface area contributed by atoms with Crippen LogP contribution in [0, 0.1) is 0 Å². The Morgan fingerprint density at radius 2 is 1.86 bits per heavy atom. The molecule has 0 fully saturated rings. The van der Waals surface area contributed by atoms with Gasteiger partial charge in [0.2, 0.25) is 0 Å². The molecule has 2 atom stereocenters. The molecule has 1 aromatic rings. The summed E-state index contributed by atoms with van der Waals surface area (Å²) in [6.45, 7) is 0. The smallest absolute Gasteiger partial charge is 0.117 e. The van der Waals surface area contributed by atoms with Crippen molar-refractivity contribution in [2.45, 2.75) is 12.2 Å².